The van der Waals surface area contributed by atoms with Gasteiger partial charge in [0.1, 0.15) is 24.4 Å². The van der Waals surface area contributed by atoms with E-state index in [-0.39, 0.29) is 11.5 Å². The minimum atomic E-state index is -0.206. The van der Waals surface area contributed by atoms with Crippen LogP contribution in [0.15, 0.2) is 42.9 Å². The van der Waals surface area contributed by atoms with E-state index in [4.69, 9.17) is 4.74 Å². The molecule has 1 aromatic carbocycles. The summed E-state index contributed by atoms with van der Waals surface area (Å²) in [7, 11) is 0. The molecule has 1 amide bonds. The monoisotopic (exact) mass is 405 g/mol. The molecule has 5 rings (SSSR count). The fraction of sp³-hybridized carbons (Fsp3) is 0.435. The topological polar surface area (TPSA) is 74.4 Å². The standard InChI is InChI=1S/C23H27N5O2/c1-17-12-24-20-19(17)21(26-16-25-20)27-11-9-23(14-27)8-5-10-28(15-23)22(29)30-13-18-6-3-2-4-7-18/h2-4,6-7,12,16H,5,8-11,13-15H2,1H3,(H,24,25,26). The highest BCUT2D eigenvalue weighted by atomic mass is 16.6. The maximum absolute atomic E-state index is 12.7. The number of ether oxygens (including phenoxy) is 1. The van der Waals surface area contributed by atoms with Crippen LogP contribution in [0.25, 0.3) is 11.0 Å². The number of nitrogens with one attached hydrogen (secondary N) is 1. The van der Waals surface area contributed by atoms with Gasteiger partial charge in [0.15, 0.2) is 0 Å². The van der Waals surface area contributed by atoms with Crippen LogP contribution in [0, 0.1) is 12.3 Å². The van der Waals surface area contributed by atoms with Crippen molar-refractivity contribution in [2.75, 3.05) is 31.1 Å². The molecule has 0 saturated carbocycles. The van der Waals surface area contributed by atoms with Crippen molar-refractivity contribution < 1.29 is 9.53 Å². The largest absolute Gasteiger partial charge is 0.445 e. The first kappa shape index (κ1) is 18.9. The van der Waals surface area contributed by atoms with E-state index in [9.17, 15) is 4.79 Å². The molecule has 0 radical (unpaired) electrons. The first-order chi connectivity index (χ1) is 14.6. The normalized spacial score (nSPS) is 21.5. The highest BCUT2D eigenvalue weighted by molar-refractivity contribution is 5.90. The molecular weight excluding hydrogens is 378 g/mol. The van der Waals surface area contributed by atoms with Gasteiger partial charge in [-0.1, -0.05) is 30.3 Å². The summed E-state index contributed by atoms with van der Waals surface area (Å²) >= 11 is 0. The average Bonchev–Trinajstić information content (AvgIpc) is 3.36. The zero-order valence-corrected chi connectivity index (χ0v) is 17.3. The number of rotatable bonds is 3. The molecule has 30 heavy (non-hydrogen) atoms. The van der Waals surface area contributed by atoms with Crippen molar-refractivity contribution in [3.05, 3.63) is 54.0 Å². The lowest BCUT2D eigenvalue weighted by Crippen LogP contribution is -2.47. The summed E-state index contributed by atoms with van der Waals surface area (Å²) in [5.74, 6) is 0.999. The summed E-state index contributed by atoms with van der Waals surface area (Å²) in [6.07, 6.45) is 6.61. The maximum Gasteiger partial charge on any atom is 0.410 e. The van der Waals surface area contributed by atoms with Crippen LogP contribution >= 0.6 is 0 Å². The second kappa shape index (κ2) is 7.63. The van der Waals surface area contributed by atoms with Crippen molar-refractivity contribution in [3.8, 4) is 0 Å². The second-order valence-electron chi connectivity index (χ2n) is 8.63. The summed E-state index contributed by atoms with van der Waals surface area (Å²) in [5.41, 5.74) is 3.16. The molecule has 2 aliphatic heterocycles. The van der Waals surface area contributed by atoms with Gasteiger partial charge in [0.25, 0.3) is 0 Å². The Kier molecular flexibility index (Phi) is 4.81. The number of hydrogen-bond acceptors (Lipinski definition) is 5. The van der Waals surface area contributed by atoms with Crippen molar-refractivity contribution in [1.29, 1.82) is 0 Å². The minimum absolute atomic E-state index is 0.103. The molecule has 0 bridgehead atoms. The number of carbonyl (C=O) groups excluding carboxylic acids is 1. The van der Waals surface area contributed by atoms with Gasteiger partial charge in [-0.15, -0.1) is 0 Å². The Balaban J connectivity index is 1.27. The fourth-order valence-electron chi connectivity index (χ4n) is 4.96. The number of aromatic nitrogens is 3. The number of hydrogen-bond donors (Lipinski definition) is 1. The van der Waals surface area contributed by atoms with Crippen LogP contribution in [-0.2, 0) is 11.3 Å². The van der Waals surface area contributed by atoms with E-state index in [1.165, 1.54) is 0 Å². The summed E-state index contributed by atoms with van der Waals surface area (Å²) < 4.78 is 5.59. The van der Waals surface area contributed by atoms with Crippen LogP contribution in [0.4, 0.5) is 10.6 Å². The van der Waals surface area contributed by atoms with Crippen molar-refractivity contribution in [3.63, 3.8) is 0 Å². The van der Waals surface area contributed by atoms with Gasteiger partial charge in [0, 0.05) is 37.8 Å². The van der Waals surface area contributed by atoms with Crippen molar-refractivity contribution >= 4 is 22.9 Å². The number of aryl methyl sites for hydroxylation is 1. The van der Waals surface area contributed by atoms with Crippen LogP contribution < -0.4 is 4.90 Å². The first-order valence-corrected chi connectivity index (χ1v) is 10.6. The average molecular weight is 406 g/mol. The van der Waals surface area contributed by atoms with Crippen LogP contribution in [0.2, 0.25) is 0 Å². The lowest BCUT2D eigenvalue weighted by atomic mass is 9.79. The predicted octanol–water partition coefficient (Wildman–Crippen LogP) is 3.90. The third-order valence-electron chi connectivity index (χ3n) is 6.51. The van der Waals surface area contributed by atoms with Gasteiger partial charge in [-0.3, -0.25) is 0 Å². The Bertz CT molecular complexity index is 1050. The zero-order valence-electron chi connectivity index (χ0n) is 17.3. The first-order valence-electron chi connectivity index (χ1n) is 10.6. The Morgan fingerprint density at radius 2 is 2.03 bits per heavy atom. The number of fused-ring (bicyclic) bond motifs is 1. The van der Waals surface area contributed by atoms with E-state index in [0.29, 0.717) is 6.61 Å². The van der Waals surface area contributed by atoms with E-state index in [0.717, 1.165) is 73.4 Å². The Morgan fingerprint density at radius 3 is 2.90 bits per heavy atom. The van der Waals surface area contributed by atoms with Gasteiger partial charge >= 0.3 is 6.09 Å². The lowest BCUT2D eigenvalue weighted by molar-refractivity contribution is 0.0582. The summed E-state index contributed by atoms with van der Waals surface area (Å²) in [6, 6.07) is 9.84. The molecule has 2 aliphatic rings. The quantitative estimate of drug-likeness (QED) is 0.715. The SMILES string of the molecule is Cc1c[nH]c2ncnc(N3CCC4(CCCN(C(=O)OCc5ccccc5)C4)C3)c12. The highest BCUT2D eigenvalue weighted by Crippen LogP contribution is 2.41. The second-order valence-corrected chi connectivity index (χ2v) is 8.63. The summed E-state index contributed by atoms with van der Waals surface area (Å²) in [5, 5.41) is 1.10. The number of benzene rings is 1. The van der Waals surface area contributed by atoms with Crippen LogP contribution in [0.3, 0.4) is 0 Å². The van der Waals surface area contributed by atoms with E-state index in [2.05, 4.69) is 26.8 Å². The fourth-order valence-corrected chi connectivity index (χ4v) is 4.96. The van der Waals surface area contributed by atoms with Crippen molar-refractivity contribution in [1.82, 2.24) is 19.9 Å². The number of piperidine rings is 1. The van der Waals surface area contributed by atoms with Gasteiger partial charge in [0.05, 0.1) is 5.39 Å². The number of aromatic amines is 1. The van der Waals surface area contributed by atoms with Gasteiger partial charge in [-0.05, 0) is 37.3 Å². The molecule has 7 heteroatoms. The van der Waals surface area contributed by atoms with Gasteiger partial charge < -0.3 is 19.5 Å². The summed E-state index contributed by atoms with van der Waals surface area (Å²) in [6.45, 7) is 5.78. The van der Waals surface area contributed by atoms with Crippen molar-refractivity contribution in [2.45, 2.75) is 32.8 Å². The molecule has 0 aliphatic carbocycles. The van der Waals surface area contributed by atoms with Crippen LogP contribution in [0.1, 0.15) is 30.4 Å². The Morgan fingerprint density at radius 1 is 1.17 bits per heavy atom. The van der Waals surface area contributed by atoms with Gasteiger partial charge in [0.2, 0.25) is 0 Å². The molecule has 1 spiro atoms. The molecule has 2 saturated heterocycles. The lowest BCUT2D eigenvalue weighted by Gasteiger charge is -2.39. The molecule has 1 atom stereocenters. The maximum atomic E-state index is 12.7. The molecule has 7 nitrogen and oxygen atoms in total. The molecule has 3 aromatic rings. The molecule has 1 N–H and O–H groups in total. The van der Waals surface area contributed by atoms with Crippen LogP contribution in [-0.4, -0.2) is 52.1 Å². The van der Waals surface area contributed by atoms with Crippen LogP contribution in [0.5, 0.6) is 0 Å². The number of carbonyl (C=O) groups is 1. The third-order valence-corrected chi connectivity index (χ3v) is 6.51. The molecule has 156 valence electrons. The minimum Gasteiger partial charge on any atom is -0.445 e. The Labute approximate surface area is 176 Å². The molecule has 2 fully saturated rings. The van der Waals surface area contributed by atoms with E-state index < -0.39 is 0 Å². The third kappa shape index (κ3) is 3.49. The van der Waals surface area contributed by atoms with E-state index >= 15 is 0 Å². The number of nitrogens with zero attached hydrogens (tertiary/aromatic N) is 4. The van der Waals surface area contributed by atoms with E-state index in [1.807, 2.05) is 41.4 Å². The zero-order chi connectivity index (χ0) is 20.6. The molecule has 4 heterocycles. The number of amides is 1. The molecular formula is C23H27N5O2. The predicted molar refractivity (Wildman–Crippen MR) is 115 cm³/mol. The summed E-state index contributed by atoms with van der Waals surface area (Å²) in [4.78, 5) is 29.2. The van der Waals surface area contributed by atoms with Crippen molar-refractivity contribution in [2.24, 2.45) is 5.41 Å². The number of H-pyrrole nitrogens is 1. The Hall–Kier alpha value is -3.09. The van der Waals surface area contributed by atoms with Gasteiger partial charge in [-0.2, -0.15) is 0 Å². The number of likely N-dealkylation sites (tertiary alicyclic amines) is 1. The smallest absolute Gasteiger partial charge is 0.410 e. The molecule has 2 aromatic heterocycles. The van der Waals surface area contributed by atoms with Gasteiger partial charge in [-0.25, -0.2) is 14.8 Å². The number of anilines is 1. The van der Waals surface area contributed by atoms with E-state index in [1.54, 1.807) is 6.33 Å². The molecule has 1 unspecified atom stereocenters. The highest BCUT2D eigenvalue weighted by Gasteiger charge is 2.43.